The number of hydrogen-bond acceptors (Lipinski definition) is 2. The van der Waals surface area contributed by atoms with Crippen LogP contribution in [0.5, 0.6) is 0 Å². The molecule has 1 aliphatic rings. The number of rotatable bonds is 5. The van der Waals surface area contributed by atoms with Crippen molar-refractivity contribution in [2.75, 3.05) is 0 Å². The van der Waals surface area contributed by atoms with Gasteiger partial charge in [-0.15, -0.1) is 0 Å². The van der Waals surface area contributed by atoms with E-state index in [0.717, 1.165) is 28.8 Å². The van der Waals surface area contributed by atoms with E-state index < -0.39 is 0 Å². The van der Waals surface area contributed by atoms with Crippen LogP contribution in [0.1, 0.15) is 50.5 Å². The monoisotopic (exact) mass is 342 g/mol. The predicted molar refractivity (Wildman–Crippen MR) is 84.7 cm³/mol. The van der Waals surface area contributed by atoms with Crippen molar-refractivity contribution in [2.24, 2.45) is 11.8 Å². The van der Waals surface area contributed by atoms with E-state index in [1.165, 1.54) is 44.6 Å². The van der Waals surface area contributed by atoms with Crippen LogP contribution in [0.15, 0.2) is 22.7 Å². The standard InChI is InChI=1S/C16H24BrFN2/c17-14-7-13(8-15(18)11-14)10-16(20-19)9-12-5-3-1-2-4-6-12/h7-8,11-12,16,20H,1-6,9-10,19H2. The summed E-state index contributed by atoms with van der Waals surface area (Å²) in [5.41, 5.74) is 3.91. The van der Waals surface area contributed by atoms with Gasteiger partial charge in [0.05, 0.1) is 0 Å². The number of halogens is 2. The summed E-state index contributed by atoms with van der Waals surface area (Å²) in [6.45, 7) is 0. The Hall–Kier alpha value is -0.450. The fraction of sp³-hybridized carbons (Fsp3) is 0.625. The fourth-order valence-electron chi connectivity index (χ4n) is 3.23. The summed E-state index contributed by atoms with van der Waals surface area (Å²) in [6, 6.07) is 5.29. The summed E-state index contributed by atoms with van der Waals surface area (Å²) in [5.74, 6) is 6.26. The number of hydrogen-bond donors (Lipinski definition) is 2. The first kappa shape index (κ1) is 15.9. The highest BCUT2D eigenvalue weighted by Gasteiger charge is 2.18. The number of nitrogens with one attached hydrogen (secondary N) is 1. The van der Waals surface area contributed by atoms with Crippen LogP contribution in [0, 0.1) is 11.7 Å². The van der Waals surface area contributed by atoms with Crippen molar-refractivity contribution >= 4 is 15.9 Å². The van der Waals surface area contributed by atoms with Crippen molar-refractivity contribution in [3.05, 3.63) is 34.1 Å². The van der Waals surface area contributed by atoms with Gasteiger partial charge in [0.1, 0.15) is 5.82 Å². The lowest BCUT2D eigenvalue weighted by Crippen LogP contribution is -2.38. The summed E-state index contributed by atoms with van der Waals surface area (Å²) in [7, 11) is 0. The molecule has 1 atom stereocenters. The first-order chi connectivity index (χ1) is 9.67. The van der Waals surface area contributed by atoms with E-state index in [1.807, 2.05) is 6.07 Å². The van der Waals surface area contributed by atoms with Gasteiger partial charge in [0.25, 0.3) is 0 Å². The molecule has 0 aliphatic heterocycles. The van der Waals surface area contributed by atoms with Crippen LogP contribution in [0.3, 0.4) is 0 Å². The molecular formula is C16H24BrFN2. The molecule has 3 N–H and O–H groups in total. The smallest absolute Gasteiger partial charge is 0.124 e. The molecule has 1 unspecified atom stereocenters. The third-order valence-electron chi connectivity index (χ3n) is 4.23. The van der Waals surface area contributed by atoms with Gasteiger partial charge in [0, 0.05) is 10.5 Å². The van der Waals surface area contributed by atoms with Gasteiger partial charge < -0.3 is 0 Å². The second-order valence-electron chi connectivity index (χ2n) is 5.94. The first-order valence-corrected chi connectivity index (χ1v) is 8.38. The molecule has 1 aliphatic carbocycles. The molecule has 20 heavy (non-hydrogen) atoms. The van der Waals surface area contributed by atoms with Crippen LogP contribution in [-0.2, 0) is 6.42 Å². The molecule has 112 valence electrons. The Bertz CT molecular complexity index is 397. The largest absolute Gasteiger partial charge is 0.271 e. The molecule has 0 bridgehead atoms. The van der Waals surface area contributed by atoms with Crippen molar-refractivity contribution in [2.45, 2.75) is 57.4 Å². The van der Waals surface area contributed by atoms with Crippen LogP contribution >= 0.6 is 15.9 Å². The van der Waals surface area contributed by atoms with E-state index >= 15 is 0 Å². The molecule has 2 nitrogen and oxygen atoms in total. The highest BCUT2D eigenvalue weighted by Crippen LogP contribution is 2.27. The third kappa shape index (κ3) is 5.15. The summed E-state index contributed by atoms with van der Waals surface area (Å²) in [4.78, 5) is 0. The minimum atomic E-state index is -0.195. The molecule has 0 amide bonds. The maximum atomic E-state index is 13.4. The van der Waals surface area contributed by atoms with E-state index in [1.54, 1.807) is 6.07 Å². The topological polar surface area (TPSA) is 38.0 Å². The first-order valence-electron chi connectivity index (χ1n) is 7.58. The molecule has 0 saturated heterocycles. The van der Waals surface area contributed by atoms with Crippen molar-refractivity contribution in [3.8, 4) is 0 Å². The number of hydrazine groups is 1. The van der Waals surface area contributed by atoms with Gasteiger partial charge >= 0.3 is 0 Å². The second-order valence-corrected chi connectivity index (χ2v) is 6.85. The van der Waals surface area contributed by atoms with Crippen LogP contribution < -0.4 is 11.3 Å². The Morgan fingerprint density at radius 3 is 2.50 bits per heavy atom. The average Bonchev–Trinajstić information content (AvgIpc) is 2.65. The van der Waals surface area contributed by atoms with Gasteiger partial charge in [0.2, 0.25) is 0 Å². The van der Waals surface area contributed by atoms with E-state index in [9.17, 15) is 4.39 Å². The van der Waals surface area contributed by atoms with Crippen LogP contribution in [0.25, 0.3) is 0 Å². The zero-order valence-corrected chi connectivity index (χ0v) is 13.5. The Kier molecular flexibility index (Phi) is 6.46. The van der Waals surface area contributed by atoms with Gasteiger partial charge in [0.15, 0.2) is 0 Å². The molecular weight excluding hydrogens is 319 g/mol. The van der Waals surface area contributed by atoms with Crippen LogP contribution in [0.4, 0.5) is 4.39 Å². The van der Waals surface area contributed by atoms with Crippen LogP contribution in [0.2, 0.25) is 0 Å². The Balaban J connectivity index is 1.93. The molecule has 2 rings (SSSR count). The lowest BCUT2D eigenvalue weighted by molar-refractivity contribution is 0.352. The Morgan fingerprint density at radius 1 is 1.20 bits per heavy atom. The fourth-order valence-corrected chi connectivity index (χ4v) is 3.74. The zero-order chi connectivity index (χ0) is 14.4. The molecule has 4 heteroatoms. The lowest BCUT2D eigenvalue weighted by atomic mass is 9.90. The van der Waals surface area contributed by atoms with Gasteiger partial charge in [-0.05, 0) is 42.5 Å². The van der Waals surface area contributed by atoms with E-state index in [4.69, 9.17) is 5.84 Å². The van der Waals surface area contributed by atoms with Crippen LogP contribution in [-0.4, -0.2) is 6.04 Å². The molecule has 1 fully saturated rings. The molecule has 0 heterocycles. The zero-order valence-electron chi connectivity index (χ0n) is 11.9. The SMILES string of the molecule is NNC(Cc1cc(F)cc(Br)c1)CC1CCCCCC1. The predicted octanol–water partition coefficient (Wildman–Crippen LogP) is 4.32. The highest BCUT2D eigenvalue weighted by atomic mass is 79.9. The summed E-state index contributed by atoms with van der Waals surface area (Å²) in [6.07, 6.45) is 9.91. The minimum absolute atomic E-state index is 0.195. The van der Waals surface area contributed by atoms with Gasteiger partial charge in [-0.3, -0.25) is 11.3 Å². The maximum absolute atomic E-state index is 13.4. The van der Waals surface area contributed by atoms with Gasteiger partial charge in [-0.25, -0.2) is 4.39 Å². The summed E-state index contributed by atoms with van der Waals surface area (Å²) >= 11 is 3.34. The van der Waals surface area contributed by atoms with Crippen molar-refractivity contribution < 1.29 is 4.39 Å². The molecule has 1 aromatic carbocycles. The number of benzene rings is 1. The third-order valence-corrected chi connectivity index (χ3v) is 4.69. The average molecular weight is 343 g/mol. The lowest BCUT2D eigenvalue weighted by Gasteiger charge is -2.22. The molecule has 1 aromatic rings. The van der Waals surface area contributed by atoms with E-state index in [2.05, 4.69) is 21.4 Å². The second kappa shape index (κ2) is 8.11. The Labute approximate surface area is 129 Å². The molecule has 0 aromatic heterocycles. The summed E-state index contributed by atoms with van der Waals surface area (Å²) in [5, 5.41) is 0. The van der Waals surface area contributed by atoms with Gasteiger partial charge in [-0.2, -0.15) is 0 Å². The highest BCUT2D eigenvalue weighted by molar-refractivity contribution is 9.10. The molecule has 0 spiro atoms. The van der Waals surface area contributed by atoms with Gasteiger partial charge in [-0.1, -0.05) is 54.5 Å². The van der Waals surface area contributed by atoms with E-state index in [0.29, 0.717) is 0 Å². The van der Waals surface area contributed by atoms with E-state index in [-0.39, 0.29) is 11.9 Å². The molecule has 1 saturated carbocycles. The Morgan fingerprint density at radius 2 is 1.90 bits per heavy atom. The maximum Gasteiger partial charge on any atom is 0.124 e. The minimum Gasteiger partial charge on any atom is -0.271 e. The number of nitrogens with two attached hydrogens (primary N) is 1. The quantitative estimate of drug-likeness (QED) is 0.475. The van der Waals surface area contributed by atoms with Crippen molar-refractivity contribution in [3.63, 3.8) is 0 Å². The normalized spacial score (nSPS) is 18.8. The van der Waals surface area contributed by atoms with Crippen molar-refractivity contribution in [1.82, 2.24) is 5.43 Å². The molecule has 0 radical (unpaired) electrons. The van der Waals surface area contributed by atoms with Crippen molar-refractivity contribution in [1.29, 1.82) is 0 Å². The summed E-state index contributed by atoms with van der Waals surface area (Å²) < 4.78 is 14.2.